The number of carboxylic acids is 1. The lowest BCUT2D eigenvalue weighted by Gasteiger charge is -2.17. The van der Waals surface area contributed by atoms with Gasteiger partial charge in [-0.05, 0) is 71.8 Å². The van der Waals surface area contributed by atoms with E-state index in [4.69, 9.17) is 16.3 Å². The standard InChI is InChI=1S/C27H23ClO4.H2/c1-16-2-3-17(12-21(16)22-15-19(26(30)31)4-6-23(22)28)13-25(29)27(9-10-27)20-5-7-24-18(14-20)8-11-32-24;/h2-7,12,14-15H,8-11,13H2,1H3,(H,30,31);1H. The van der Waals surface area contributed by atoms with Gasteiger partial charge in [-0.15, -0.1) is 0 Å². The highest BCUT2D eigenvalue weighted by Crippen LogP contribution is 2.50. The minimum Gasteiger partial charge on any atom is -0.493 e. The number of carbonyl (C=O) groups excluding carboxylic acids is 1. The lowest BCUT2D eigenvalue weighted by Crippen LogP contribution is -2.22. The van der Waals surface area contributed by atoms with Gasteiger partial charge in [0.25, 0.3) is 0 Å². The summed E-state index contributed by atoms with van der Waals surface area (Å²) in [6.45, 7) is 2.66. The summed E-state index contributed by atoms with van der Waals surface area (Å²) in [7, 11) is 0. The van der Waals surface area contributed by atoms with Crippen LogP contribution >= 0.6 is 11.6 Å². The second kappa shape index (κ2) is 7.79. The number of Topliss-reactive ketones (excluding diaryl/α,β-unsaturated/α-hetero) is 1. The number of ether oxygens (including phenoxy) is 1. The van der Waals surface area contributed by atoms with Gasteiger partial charge in [-0.2, -0.15) is 0 Å². The Balaban J connectivity index is 0.00000259. The van der Waals surface area contributed by atoms with Crippen LogP contribution in [0.5, 0.6) is 5.75 Å². The normalized spacial score (nSPS) is 15.7. The van der Waals surface area contributed by atoms with E-state index in [2.05, 4.69) is 6.07 Å². The fourth-order valence-corrected chi connectivity index (χ4v) is 4.85. The average molecular weight is 449 g/mol. The van der Waals surface area contributed by atoms with Crippen LogP contribution in [0.1, 0.15) is 46.9 Å². The van der Waals surface area contributed by atoms with Crippen LogP contribution in [-0.2, 0) is 23.1 Å². The number of hydrogen-bond donors (Lipinski definition) is 1. The zero-order chi connectivity index (χ0) is 22.5. The van der Waals surface area contributed by atoms with Gasteiger partial charge in [0.05, 0.1) is 17.6 Å². The molecule has 1 fully saturated rings. The summed E-state index contributed by atoms with van der Waals surface area (Å²) >= 11 is 6.40. The Bertz CT molecular complexity index is 1260. The number of benzene rings is 3. The number of aromatic carboxylic acids is 1. The summed E-state index contributed by atoms with van der Waals surface area (Å²) < 4.78 is 5.61. The van der Waals surface area contributed by atoms with Crippen molar-refractivity contribution in [1.82, 2.24) is 0 Å². The number of ketones is 1. The summed E-state index contributed by atoms with van der Waals surface area (Å²) in [6, 6.07) is 16.8. The van der Waals surface area contributed by atoms with Crippen molar-refractivity contribution in [3.63, 3.8) is 0 Å². The molecule has 1 saturated carbocycles. The average Bonchev–Trinajstić information content (AvgIpc) is 3.46. The third kappa shape index (κ3) is 3.59. The lowest BCUT2D eigenvalue weighted by molar-refractivity contribution is -0.120. The van der Waals surface area contributed by atoms with E-state index in [1.165, 1.54) is 11.6 Å². The Morgan fingerprint density at radius 2 is 1.88 bits per heavy atom. The highest BCUT2D eigenvalue weighted by Gasteiger charge is 2.50. The van der Waals surface area contributed by atoms with Crippen molar-refractivity contribution in [2.75, 3.05) is 6.61 Å². The minimum absolute atomic E-state index is 0. The van der Waals surface area contributed by atoms with Gasteiger partial charge in [0.2, 0.25) is 0 Å². The van der Waals surface area contributed by atoms with E-state index in [1.54, 1.807) is 12.1 Å². The summed E-state index contributed by atoms with van der Waals surface area (Å²) in [5.74, 6) is 0.152. The van der Waals surface area contributed by atoms with E-state index in [-0.39, 0.29) is 12.8 Å². The van der Waals surface area contributed by atoms with Crippen LogP contribution in [0.25, 0.3) is 11.1 Å². The van der Waals surface area contributed by atoms with Crippen LogP contribution in [0.2, 0.25) is 5.02 Å². The van der Waals surface area contributed by atoms with Crippen molar-refractivity contribution in [2.24, 2.45) is 0 Å². The maximum Gasteiger partial charge on any atom is 0.335 e. The molecule has 32 heavy (non-hydrogen) atoms. The van der Waals surface area contributed by atoms with Crippen LogP contribution in [0.3, 0.4) is 0 Å². The first-order chi connectivity index (χ1) is 15.4. The molecule has 164 valence electrons. The molecule has 0 saturated heterocycles. The highest BCUT2D eigenvalue weighted by atomic mass is 35.5. The third-order valence-electron chi connectivity index (χ3n) is 6.70. The lowest BCUT2D eigenvalue weighted by atomic mass is 9.86. The molecule has 0 radical (unpaired) electrons. The fourth-order valence-electron chi connectivity index (χ4n) is 4.63. The van der Waals surface area contributed by atoms with E-state index in [9.17, 15) is 14.7 Å². The quantitative estimate of drug-likeness (QED) is 0.499. The van der Waals surface area contributed by atoms with E-state index in [0.717, 1.165) is 47.3 Å². The Hall–Kier alpha value is -3.11. The number of carbonyl (C=O) groups is 2. The van der Waals surface area contributed by atoms with Crippen LogP contribution in [0.15, 0.2) is 54.6 Å². The first kappa shape index (κ1) is 20.8. The molecule has 5 rings (SSSR count). The predicted molar refractivity (Wildman–Crippen MR) is 126 cm³/mol. The van der Waals surface area contributed by atoms with Crippen LogP contribution in [0.4, 0.5) is 0 Å². The van der Waals surface area contributed by atoms with E-state index < -0.39 is 11.4 Å². The largest absolute Gasteiger partial charge is 0.493 e. The van der Waals surface area contributed by atoms with Crippen molar-refractivity contribution >= 4 is 23.4 Å². The smallest absolute Gasteiger partial charge is 0.335 e. The molecule has 5 heteroatoms. The van der Waals surface area contributed by atoms with Crippen molar-refractivity contribution in [1.29, 1.82) is 0 Å². The number of fused-ring (bicyclic) bond motifs is 1. The van der Waals surface area contributed by atoms with E-state index in [1.807, 2.05) is 37.3 Å². The number of rotatable bonds is 6. The maximum atomic E-state index is 13.4. The predicted octanol–water partition coefficient (Wildman–Crippen LogP) is 6.04. The molecule has 0 atom stereocenters. The van der Waals surface area contributed by atoms with Gasteiger partial charge in [-0.3, -0.25) is 4.79 Å². The zero-order valence-corrected chi connectivity index (χ0v) is 18.5. The molecule has 1 aliphatic heterocycles. The third-order valence-corrected chi connectivity index (χ3v) is 7.03. The first-order valence-electron chi connectivity index (χ1n) is 10.8. The molecule has 1 heterocycles. The monoisotopic (exact) mass is 448 g/mol. The van der Waals surface area contributed by atoms with E-state index in [0.29, 0.717) is 23.6 Å². The SMILES string of the molecule is Cc1ccc(CC(=O)C2(c3ccc4c(c3)CCO4)CC2)cc1-c1cc(C(=O)O)ccc1Cl.[HH]. The highest BCUT2D eigenvalue weighted by molar-refractivity contribution is 6.33. The van der Waals surface area contributed by atoms with Gasteiger partial charge < -0.3 is 9.84 Å². The maximum absolute atomic E-state index is 13.4. The van der Waals surface area contributed by atoms with Gasteiger partial charge in [0.1, 0.15) is 11.5 Å². The Kier molecular flexibility index (Phi) is 5.06. The van der Waals surface area contributed by atoms with Gasteiger partial charge in [0.15, 0.2) is 0 Å². The van der Waals surface area contributed by atoms with Gasteiger partial charge in [0, 0.05) is 24.9 Å². The number of carboxylic acid groups (broad SMARTS) is 1. The molecule has 3 aromatic carbocycles. The Morgan fingerprint density at radius 1 is 1.06 bits per heavy atom. The molecule has 0 spiro atoms. The van der Waals surface area contributed by atoms with Gasteiger partial charge in [-0.1, -0.05) is 41.9 Å². The van der Waals surface area contributed by atoms with E-state index >= 15 is 0 Å². The second-order valence-corrected chi connectivity index (χ2v) is 9.16. The van der Waals surface area contributed by atoms with Crippen molar-refractivity contribution in [2.45, 2.75) is 38.0 Å². The number of halogens is 1. The number of aryl methyl sites for hydroxylation is 1. The van der Waals surface area contributed by atoms with Gasteiger partial charge >= 0.3 is 5.97 Å². The van der Waals surface area contributed by atoms with Crippen LogP contribution < -0.4 is 4.74 Å². The summed E-state index contributed by atoms with van der Waals surface area (Å²) in [6.07, 6.45) is 2.97. The zero-order valence-electron chi connectivity index (χ0n) is 17.8. The summed E-state index contributed by atoms with van der Waals surface area (Å²) in [4.78, 5) is 24.8. The first-order valence-corrected chi connectivity index (χ1v) is 11.2. The molecule has 1 aliphatic carbocycles. The fraction of sp³-hybridized carbons (Fsp3) is 0.259. The number of hydrogen-bond acceptors (Lipinski definition) is 3. The molecule has 2 aliphatic rings. The summed E-state index contributed by atoms with van der Waals surface area (Å²) in [5.41, 5.74) is 5.46. The molecule has 1 N–H and O–H groups in total. The van der Waals surface area contributed by atoms with Crippen molar-refractivity contribution in [3.05, 3.63) is 87.4 Å². The van der Waals surface area contributed by atoms with Gasteiger partial charge in [-0.25, -0.2) is 4.79 Å². The Labute approximate surface area is 193 Å². The molecule has 4 nitrogen and oxygen atoms in total. The molecular weight excluding hydrogens is 424 g/mol. The van der Waals surface area contributed by atoms with Crippen molar-refractivity contribution in [3.8, 4) is 16.9 Å². The minimum atomic E-state index is -0.998. The molecule has 0 amide bonds. The topological polar surface area (TPSA) is 63.6 Å². The van der Waals surface area contributed by atoms with Crippen molar-refractivity contribution < 1.29 is 20.9 Å². The molecule has 0 aromatic heterocycles. The molecule has 3 aromatic rings. The Morgan fingerprint density at radius 3 is 2.62 bits per heavy atom. The molecule has 0 unspecified atom stereocenters. The second-order valence-electron chi connectivity index (χ2n) is 8.75. The molecular formula is C27H25ClO4. The molecule has 0 bridgehead atoms. The van der Waals surface area contributed by atoms with Crippen LogP contribution in [0, 0.1) is 6.92 Å². The summed E-state index contributed by atoms with van der Waals surface area (Å²) in [5, 5.41) is 9.84. The van der Waals surface area contributed by atoms with Crippen LogP contribution in [-0.4, -0.2) is 23.5 Å².